The van der Waals surface area contributed by atoms with Crippen LogP contribution < -0.4 is 0 Å². The van der Waals surface area contributed by atoms with Crippen molar-refractivity contribution < 1.29 is 0 Å². The van der Waals surface area contributed by atoms with Crippen LogP contribution in [0.2, 0.25) is 0 Å². The number of benzene rings is 1. The molecule has 0 nitrogen and oxygen atoms in total. The van der Waals surface area contributed by atoms with E-state index in [0.717, 1.165) is 9.80 Å². The smallest absolute Gasteiger partial charge is 0.0176 e. The molecule has 0 unspecified atom stereocenters. The normalized spacial score (nSPS) is 11.8. The third-order valence-electron chi connectivity index (χ3n) is 3.14. The maximum absolute atomic E-state index is 3.66. The topological polar surface area (TPSA) is 0 Å². The van der Waals surface area contributed by atoms with Crippen LogP contribution in [0.15, 0.2) is 33.6 Å². The van der Waals surface area contributed by atoms with Crippen LogP contribution in [0.1, 0.15) is 26.7 Å². The molecule has 0 N–H and O–H groups in total. The highest BCUT2D eigenvalue weighted by molar-refractivity contribution is 9.10. The Bertz CT molecular complexity index is 296. The van der Waals surface area contributed by atoms with Gasteiger partial charge in [-0.3, -0.25) is 0 Å². The van der Waals surface area contributed by atoms with Crippen LogP contribution in [0.25, 0.3) is 0 Å². The first-order chi connectivity index (χ1) is 7.65. The van der Waals surface area contributed by atoms with E-state index in [1.54, 1.807) is 0 Å². The van der Waals surface area contributed by atoms with E-state index in [1.807, 2.05) is 11.8 Å². The number of thioether (sulfide) groups is 1. The molecule has 0 atom stereocenters. The number of alkyl halides is 1. The average Bonchev–Trinajstić information content (AvgIpc) is 2.34. The van der Waals surface area contributed by atoms with Crippen molar-refractivity contribution >= 4 is 43.6 Å². The van der Waals surface area contributed by atoms with Gasteiger partial charge in [0.15, 0.2) is 0 Å². The van der Waals surface area contributed by atoms with Crippen LogP contribution in [0, 0.1) is 5.41 Å². The fraction of sp³-hybridized carbons (Fsp3) is 0.538. The number of rotatable bonds is 6. The van der Waals surface area contributed by atoms with Crippen molar-refractivity contribution in [1.29, 1.82) is 0 Å². The third-order valence-corrected chi connectivity index (χ3v) is 6.22. The summed E-state index contributed by atoms with van der Waals surface area (Å²) in [5, 5.41) is 1.09. The first-order valence-corrected chi connectivity index (χ1v) is 8.50. The molecule has 0 fully saturated rings. The Morgan fingerprint density at radius 3 is 2.12 bits per heavy atom. The molecule has 0 amide bonds. The van der Waals surface area contributed by atoms with Crippen molar-refractivity contribution in [2.75, 3.05) is 11.1 Å². The summed E-state index contributed by atoms with van der Waals surface area (Å²) in [6.07, 6.45) is 2.47. The lowest BCUT2D eigenvalue weighted by Crippen LogP contribution is -2.23. The van der Waals surface area contributed by atoms with E-state index in [1.165, 1.54) is 23.5 Å². The van der Waals surface area contributed by atoms with Crippen LogP contribution in [0.5, 0.6) is 0 Å². The maximum Gasteiger partial charge on any atom is 0.0176 e. The molecule has 1 rings (SSSR count). The minimum atomic E-state index is 0.442. The van der Waals surface area contributed by atoms with Crippen LogP contribution >= 0.6 is 43.6 Å². The molecule has 0 aliphatic rings. The molecule has 0 radical (unpaired) electrons. The van der Waals surface area contributed by atoms with Gasteiger partial charge in [-0.1, -0.05) is 45.7 Å². The SMILES string of the molecule is CCC(CC)(CBr)CSc1ccc(Br)cc1. The van der Waals surface area contributed by atoms with Crippen molar-refractivity contribution in [1.82, 2.24) is 0 Å². The van der Waals surface area contributed by atoms with Crippen molar-refractivity contribution in [3.8, 4) is 0 Å². The minimum absolute atomic E-state index is 0.442. The fourth-order valence-corrected chi connectivity index (χ4v) is 4.28. The van der Waals surface area contributed by atoms with E-state index in [-0.39, 0.29) is 0 Å². The predicted molar refractivity (Wildman–Crippen MR) is 81.7 cm³/mol. The Morgan fingerprint density at radius 1 is 1.12 bits per heavy atom. The molecule has 3 heteroatoms. The summed E-state index contributed by atoms with van der Waals surface area (Å²) < 4.78 is 1.15. The largest absolute Gasteiger partial charge is 0.126 e. The van der Waals surface area contributed by atoms with Crippen molar-refractivity contribution in [2.24, 2.45) is 5.41 Å². The van der Waals surface area contributed by atoms with Crippen molar-refractivity contribution in [3.05, 3.63) is 28.7 Å². The van der Waals surface area contributed by atoms with Crippen LogP contribution in [-0.4, -0.2) is 11.1 Å². The van der Waals surface area contributed by atoms with Gasteiger partial charge in [-0.25, -0.2) is 0 Å². The van der Waals surface area contributed by atoms with E-state index in [9.17, 15) is 0 Å². The van der Waals surface area contributed by atoms with Gasteiger partial charge < -0.3 is 0 Å². The molecule has 0 heterocycles. The van der Waals surface area contributed by atoms with Crippen molar-refractivity contribution in [3.63, 3.8) is 0 Å². The zero-order valence-electron chi connectivity index (χ0n) is 9.80. The van der Waals surface area contributed by atoms with Crippen LogP contribution in [0.3, 0.4) is 0 Å². The lowest BCUT2D eigenvalue weighted by molar-refractivity contribution is 0.359. The molecule has 1 aromatic carbocycles. The Labute approximate surface area is 120 Å². The maximum atomic E-state index is 3.66. The number of hydrogen-bond donors (Lipinski definition) is 0. The second-order valence-corrected chi connectivity index (χ2v) is 6.61. The van der Waals surface area contributed by atoms with E-state index >= 15 is 0 Å². The molecule has 0 spiro atoms. The van der Waals surface area contributed by atoms with Gasteiger partial charge in [0, 0.05) is 20.5 Å². The summed E-state index contributed by atoms with van der Waals surface area (Å²) in [6, 6.07) is 8.57. The van der Waals surface area contributed by atoms with Gasteiger partial charge in [0.25, 0.3) is 0 Å². The lowest BCUT2D eigenvalue weighted by Gasteiger charge is -2.29. The minimum Gasteiger partial charge on any atom is -0.126 e. The molecule has 90 valence electrons. The zero-order chi connectivity index (χ0) is 12.0. The van der Waals surface area contributed by atoms with E-state index in [2.05, 4.69) is 70.0 Å². The van der Waals surface area contributed by atoms with E-state index in [4.69, 9.17) is 0 Å². The van der Waals surface area contributed by atoms with E-state index in [0.29, 0.717) is 5.41 Å². The van der Waals surface area contributed by atoms with Gasteiger partial charge in [0.05, 0.1) is 0 Å². The zero-order valence-corrected chi connectivity index (χ0v) is 13.8. The highest BCUT2D eigenvalue weighted by Crippen LogP contribution is 2.35. The number of hydrogen-bond acceptors (Lipinski definition) is 1. The summed E-state index contributed by atoms with van der Waals surface area (Å²) in [7, 11) is 0. The number of halogens is 2. The Balaban J connectivity index is 2.58. The predicted octanol–water partition coefficient (Wildman–Crippen LogP) is 5.74. The first kappa shape index (κ1) is 14.6. The lowest BCUT2D eigenvalue weighted by atomic mass is 9.87. The third kappa shape index (κ3) is 4.08. The summed E-state index contributed by atoms with van der Waals surface area (Å²) in [5.41, 5.74) is 0.442. The molecule has 0 bridgehead atoms. The molecular formula is C13H18Br2S. The Kier molecular flexibility index (Phi) is 6.45. The second kappa shape index (κ2) is 7.07. The molecule has 16 heavy (non-hydrogen) atoms. The molecule has 0 aliphatic heterocycles. The molecule has 0 saturated heterocycles. The molecule has 1 aromatic rings. The highest BCUT2D eigenvalue weighted by atomic mass is 79.9. The summed E-state index contributed by atoms with van der Waals surface area (Å²) >= 11 is 9.08. The summed E-state index contributed by atoms with van der Waals surface area (Å²) in [4.78, 5) is 1.36. The first-order valence-electron chi connectivity index (χ1n) is 5.60. The average molecular weight is 366 g/mol. The molecular weight excluding hydrogens is 348 g/mol. The van der Waals surface area contributed by atoms with Crippen LogP contribution in [-0.2, 0) is 0 Å². The van der Waals surface area contributed by atoms with Gasteiger partial charge in [-0.2, -0.15) is 0 Å². The highest BCUT2D eigenvalue weighted by Gasteiger charge is 2.24. The van der Waals surface area contributed by atoms with Gasteiger partial charge >= 0.3 is 0 Å². The summed E-state index contributed by atoms with van der Waals surface area (Å²) in [6.45, 7) is 4.57. The van der Waals surface area contributed by atoms with E-state index < -0.39 is 0 Å². The van der Waals surface area contributed by atoms with Gasteiger partial charge in [0.1, 0.15) is 0 Å². The molecule has 0 aliphatic carbocycles. The Morgan fingerprint density at radius 2 is 1.69 bits per heavy atom. The van der Waals surface area contributed by atoms with Gasteiger partial charge in [0.2, 0.25) is 0 Å². The second-order valence-electron chi connectivity index (χ2n) is 4.08. The summed E-state index contributed by atoms with van der Waals surface area (Å²) in [5.74, 6) is 1.19. The molecule has 0 saturated carbocycles. The fourth-order valence-electron chi connectivity index (χ4n) is 1.45. The van der Waals surface area contributed by atoms with Gasteiger partial charge in [-0.05, 0) is 42.5 Å². The standard InChI is InChI=1S/C13H18Br2S/c1-3-13(4-2,9-14)10-16-12-7-5-11(15)6-8-12/h5-8H,3-4,9-10H2,1-2H3. The van der Waals surface area contributed by atoms with Gasteiger partial charge in [-0.15, -0.1) is 11.8 Å². The molecule has 0 aromatic heterocycles. The Hall–Kier alpha value is 0.530. The monoisotopic (exact) mass is 364 g/mol. The quantitative estimate of drug-likeness (QED) is 0.457. The van der Waals surface area contributed by atoms with Crippen molar-refractivity contribution in [2.45, 2.75) is 31.6 Å². The van der Waals surface area contributed by atoms with Crippen LogP contribution in [0.4, 0.5) is 0 Å².